The predicted molar refractivity (Wildman–Crippen MR) is 132 cm³/mol. The van der Waals surface area contributed by atoms with Crippen molar-refractivity contribution in [3.63, 3.8) is 0 Å². The summed E-state index contributed by atoms with van der Waals surface area (Å²) in [5, 5.41) is 0.326. The Morgan fingerprint density at radius 2 is 1.68 bits per heavy atom. The summed E-state index contributed by atoms with van der Waals surface area (Å²) in [7, 11) is -7.47. The van der Waals surface area contributed by atoms with Gasteiger partial charge in [0.05, 0.1) is 28.1 Å². The van der Waals surface area contributed by atoms with Crippen molar-refractivity contribution in [3.8, 4) is 5.75 Å². The van der Waals surface area contributed by atoms with Gasteiger partial charge in [0.25, 0.3) is 10.0 Å². The lowest BCUT2D eigenvalue weighted by Gasteiger charge is -2.26. The number of halogens is 2. The van der Waals surface area contributed by atoms with Gasteiger partial charge in [-0.3, -0.25) is 4.72 Å². The Labute approximate surface area is 212 Å². The second-order valence-corrected chi connectivity index (χ2v) is 13.3. The monoisotopic (exact) mass is 562 g/mol. The summed E-state index contributed by atoms with van der Waals surface area (Å²) in [5.41, 5.74) is 0.873. The third kappa shape index (κ3) is 5.85. The molecular weight excluding hydrogens is 543 g/mol. The molecule has 13 heteroatoms. The molecule has 2 heterocycles. The third-order valence-corrected chi connectivity index (χ3v) is 10.2. The van der Waals surface area contributed by atoms with Crippen LogP contribution in [0.1, 0.15) is 5.56 Å². The molecule has 4 rings (SSSR count). The summed E-state index contributed by atoms with van der Waals surface area (Å²) >= 11 is 12.9. The minimum absolute atomic E-state index is 0.0560. The molecular formula is C21H20Cl2N2O6S3. The number of thiophene rings is 1. The average molecular weight is 564 g/mol. The molecule has 0 amide bonds. The Kier molecular flexibility index (Phi) is 7.72. The highest BCUT2D eigenvalue weighted by atomic mass is 35.5. The molecule has 1 saturated heterocycles. The zero-order valence-corrected chi connectivity index (χ0v) is 21.6. The number of hydrogen-bond acceptors (Lipinski definition) is 7. The molecule has 0 saturated carbocycles. The summed E-state index contributed by atoms with van der Waals surface area (Å²) in [6.45, 7) is 1.47. The van der Waals surface area contributed by atoms with Crippen molar-refractivity contribution in [3.05, 3.63) is 69.5 Å². The van der Waals surface area contributed by atoms with Crippen molar-refractivity contribution >= 4 is 60.3 Å². The predicted octanol–water partition coefficient (Wildman–Crippen LogP) is 4.46. The van der Waals surface area contributed by atoms with Crippen LogP contribution in [-0.2, 0) is 31.4 Å². The van der Waals surface area contributed by atoms with Crippen LogP contribution in [0.3, 0.4) is 0 Å². The molecule has 1 aromatic heterocycles. The highest BCUT2D eigenvalue weighted by Gasteiger charge is 2.26. The number of sulfonamides is 2. The van der Waals surface area contributed by atoms with E-state index in [9.17, 15) is 16.8 Å². The van der Waals surface area contributed by atoms with E-state index in [2.05, 4.69) is 4.72 Å². The molecule has 1 aliphatic rings. The molecule has 1 aliphatic heterocycles. The summed E-state index contributed by atoms with van der Waals surface area (Å²) in [6.07, 6.45) is 0. The van der Waals surface area contributed by atoms with Crippen LogP contribution < -0.4 is 9.46 Å². The minimum atomic E-state index is -3.88. The van der Waals surface area contributed by atoms with E-state index in [1.807, 2.05) is 0 Å². The maximum absolute atomic E-state index is 12.8. The zero-order valence-electron chi connectivity index (χ0n) is 17.6. The maximum atomic E-state index is 12.8. The highest BCUT2D eigenvalue weighted by Crippen LogP contribution is 2.33. The van der Waals surface area contributed by atoms with Crippen molar-refractivity contribution < 1.29 is 26.3 Å². The van der Waals surface area contributed by atoms with E-state index in [0.717, 1.165) is 11.3 Å². The molecule has 3 aromatic rings. The first-order chi connectivity index (χ1) is 16.1. The van der Waals surface area contributed by atoms with Crippen molar-refractivity contribution in [2.75, 3.05) is 31.0 Å². The van der Waals surface area contributed by atoms with Gasteiger partial charge in [-0.15, -0.1) is 11.3 Å². The van der Waals surface area contributed by atoms with E-state index >= 15 is 0 Å². The highest BCUT2D eigenvalue weighted by molar-refractivity contribution is 7.94. The smallest absolute Gasteiger partial charge is 0.271 e. The quantitative estimate of drug-likeness (QED) is 0.435. The summed E-state index contributed by atoms with van der Waals surface area (Å²) < 4.78 is 66.2. The molecule has 0 unspecified atom stereocenters. The summed E-state index contributed by atoms with van der Waals surface area (Å²) in [6, 6.07) is 13.8. The van der Waals surface area contributed by atoms with E-state index in [-0.39, 0.29) is 27.1 Å². The summed E-state index contributed by atoms with van der Waals surface area (Å²) in [5.74, 6) is 0.264. The van der Waals surface area contributed by atoms with E-state index in [4.69, 9.17) is 32.7 Å². The average Bonchev–Trinajstić information content (AvgIpc) is 3.27. The van der Waals surface area contributed by atoms with Crippen LogP contribution in [0.15, 0.2) is 63.7 Å². The van der Waals surface area contributed by atoms with Crippen molar-refractivity contribution in [1.82, 2.24) is 4.31 Å². The van der Waals surface area contributed by atoms with Crippen LogP contribution in [0.4, 0.5) is 5.69 Å². The number of anilines is 1. The minimum Gasteiger partial charge on any atom is -0.487 e. The molecule has 182 valence electrons. The van der Waals surface area contributed by atoms with E-state index in [1.165, 1.54) is 34.6 Å². The van der Waals surface area contributed by atoms with E-state index < -0.39 is 20.0 Å². The molecule has 0 bridgehead atoms. The Hall–Kier alpha value is -1.86. The number of nitrogens with zero attached hydrogens (tertiary/aromatic N) is 1. The van der Waals surface area contributed by atoms with Crippen LogP contribution in [0.2, 0.25) is 9.36 Å². The van der Waals surface area contributed by atoms with Gasteiger partial charge in [-0.05, 0) is 48.0 Å². The molecule has 2 aromatic carbocycles. The van der Waals surface area contributed by atoms with Crippen LogP contribution in [0.5, 0.6) is 5.75 Å². The van der Waals surface area contributed by atoms with Crippen LogP contribution in [-0.4, -0.2) is 47.4 Å². The lowest BCUT2D eigenvalue weighted by Crippen LogP contribution is -2.40. The molecule has 0 atom stereocenters. The number of benzene rings is 2. The zero-order chi connectivity index (χ0) is 24.3. The number of nitrogens with one attached hydrogen (secondary N) is 1. The number of rotatable bonds is 8. The van der Waals surface area contributed by atoms with Crippen LogP contribution in [0, 0.1) is 0 Å². The van der Waals surface area contributed by atoms with Crippen molar-refractivity contribution in [1.29, 1.82) is 0 Å². The van der Waals surface area contributed by atoms with Crippen LogP contribution in [0.25, 0.3) is 0 Å². The van der Waals surface area contributed by atoms with Gasteiger partial charge >= 0.3 is 0 Å². The van der Waals surface area contributed by atoms with Gasteiger partial charge in [-0.1, -0.05) is 35.3 Å². The van der Waals surface area contributed by atoms with E-state index in [1.54, 1.807) is 24.3 Å². The number of ether oxygens (including phenoxy) is 2. The third-order valence-electron chi connectivity index (χ3n) is 4.92. The van der Waals surface area contributed by atoms with Gasteiger partial charge in [0.1, 0.15) is 16.6 Å². The second-order valence-electron chi connectivity index (χ2n) is 7.25. The Morgan fingerprint density at radius 3 is 2.32 bits per heavy atom. The van der Waals surface area contributed by atoms with Gasteiger partial charge in [0.15, 0.2) is 0 Å². The fraction of sp³-hybridized carbons (Fsp3) is 0.238. The molecule has 1 fully saturated rings. The molecule has 8 nitrogen and oxygen atoms in total. The molecule has 1 N–H and O–H groups in total. The molecule has 0 spiro atoms. The fourth-order valence-electron chi connectivity index (χ4n) is 3.20. The Balaban J connectivity index is 1.48. The Bertz CT molecular complexity index is 1370. The van der Waals surface area contributed by atoms with E-state index in [0.29, 0.717) is 41.2 Å². The SMILES string of the molecule is O=S(=O)(Nc1cc(Cl)ccc1OCc1ccc(S(=O)(=O)N2CCOCC2)cc1)c1ccc(Cl)s1. The second kappa shape index (κ2) is 10.4. The van der Waals surface area contributed by atoms with Crippen molar-refractivity contribution in [2.45, 2.75) is 15.7 Å². The van der Waals surface area contributed by atoms with Gasteiger partial charge in [-0.2, -0.15) is 4.31 Å². The van der Waals surface area contributed by atoms with Gasteiger partial charge in [-0.25, -0.2) is 16.8 Å². The normalized spacial score (nSPS) is 15.2. The Morgan fingerprint density at radius 1 is 0.971 bits per heavy atom. The van der Waals surface area contributed by atoms with Gasteiger partial charge in [0.2, 0.25) is 10.0 Å². The number of morpholine rings is 1. The fourth-order valence-corrected chi connectivity index (χ4v) is 7.32. The first-order valence-corrected chi connectivity index (χ1v) is 14.5. The first-order valence-electron chi connectivity index (χ1n) is 10.0. The lowest BCUT2D eigenvalue weighted by molar-refractivity contribution is 0.0730. The lowest BCUT2D eigenvalue weighted by atomic mass is 10.2. The van der Waals surface area contributed by atoms with Crippen molar-refractivity contribution in [2.24, 2.45) is 0 Å². The molecule has 34 heavy (non-hydrogen) atoms. The standard InChI is InChI=1S/C21H20Cl2N2O6S3/c22-16-3-6-19(18(13-16)24-33(26,27)21-8-7-20(23)32-21)31-14-15-1-4-17(5-2-15)34(28,29)25-9-11-30-12-10-25/h1-8,13,24H,9-12,14H2. The first kappa shape index (κ1) is 25.2. The number of hydrogen-bond donors (Lipinski definition) is 1. The molecule has 0 aliphatic carbocycles. The maximum Gasteiger partial charge on any atom is 0.271 e. The molecule has 0 radical (unpaired) electrons. The summed E-state index contributed by atoms with van der Waals surface area (Å²) in [4.78, 5) is 0.188. The van der Waals surface area contributed by atoms with Gasteiger partial charge in [0, 0.05) is 18.1 Å². The largest absolute Gasteiger partial charge is 0.487 e. The topological polar surface area (TPSA) is 102 Å². The van der Waals surface area contributed by atoms with Gasteiger partial charge < -0.3 is 9.47 Å². The van der Waals surface area contributed by atoms with Crippen LogP contribution >= 0.6 is 34.5 Å².